The number of nitrogens with two attached hydrogens (primary N) is 1. The SMILES string of the molecule is COCC1CCCN1c1nccc(Sc2ncc(Cl)nc2N)c1Cl. The van der Waals surface area contributed by atoms with Crippen LogP contribution in [0.25, 0.3) is 0 Å². The molecule has 0 spiro atoms. The van der Waals surface area contributed by atoms with Crippen LogP contribution in [0.5, 0.6) is 0 Å². The van der Waals surface area contributed by atoms with Gasteiger partial charge >= 0.3 is 0 Å². The normalized spacial score (nSPS) is 17.5. The van der Waals surface area contributed by atoms with E-state index in [0.717, 1.165) is 30.1 Å². The molecule has 1 saturated heterocycles. The van der Waals surface area contributed by atoms with Crippen LogP contribution in [-0.4, -0.2) is 41.3 Å². The fraction of sp³-hybridized carbons (Fsp3) is 0.400. The minimum absolute atomic E-state index is 0.262. The van der Waals surface area contributed by atoms with E-state index in [0.29, 0.717) is 22.7 Å². The standard InChI is InChI=1S/C15H17Cl2N5OS/c1-23-8-9-3-2-6-22(9)14-12(17)10(4-5-19-14)24-15-13(18)21-11(16)7-20-15/h4-5,7,9H,2-3,6,8H2,1H3,(H2,18,21). The van der Waals surface area contributed by atoms with Gasteiger partial charge in [-0.25, -0.2) is 15.0 Å². The Morgan fingerprint density at radius 1 is 1.42 bits per heavy atom. The first-order valence-corrected chi connectivity index (χ1v) is 9.03. The second kappa shape index (κ2) is 7.74. The lowest BCUT2D eigenvalue weighted by Gasteiger charge is -2.26. The van der Waals surface area contributed by atoms with Crippen molar-refractivity contribution in [1.29, 1.82) is 0 Å². The van der Waals surface area contributed by atoms with Gasteiger partial charge in [-0.1, -0.05) is 35.0 Å². The fourth-order valence-corrected chi connectivity index (χ4v) is 3.98. The van der Waals surface area contributed by atoms with E-state index in [-0.39, 0.29) is 11.0 Å². The van der Waals surface area contributed by atoms with Crippen LogP contribution in [-0.2, 0) is 4.74 Å². The third kappa shape index (κ3) is 3.69. The highest BCUT2D eigenvalue weighted by Gasteiger charge is 2.28. The summed E-state index contributed by atoms with van der Waals surface area (Å²) in [7, 11) is 1.71. The van der Waals surface area contributed by atoms with Crippen LogP contribution in [0.2, 0.25) is 10.2 Å². The molecule has 0 radical (unpaired) electrons. The highest BCUT2D eigenvalue weighted by Crippen LogP contribution is 2.40. The van der Waals surface area contributed by atoms with Crippen molar-refractivity contribution in [3.63, 3.8) is 0 Å². The molecule has 128 valence electrons. The summed E-state index contributed by atoms with van der Waals surface area (Å²) in [6.45, 7) is 1.57. The molecule has 2 aromatic rings. The molecule has 1 fully saturated rings. The molecule has 0 bridgehead atoms. The summed E-state index contributed by atoms with van der Waals surface area (Å²) >= 11 is 13.7. The summed E-state index contributed by atoms with van der Waals surface area (Å²) in [5, 5.41) is 1.41. The molecule has 3 heterocycles. The summed E-state index contributed by atoms with van der Waals surface area (Å²) in [5.74, 6) is 1.04. The number of halogens is 2. The zero-order valence-electron chi connectivity index (χ0n) is 13.1. The van der Waals surface area contributed by atoms with Gasteiger partial charge in [0, 0.05) is 24.7 Å². The lowest BCUT2D eigenvalue weighted by molar-refractivity contribution is 0.180. The topological polar surface area (TPSA) is 77.2 Å². The molecule has 0 saturated carbocycles. The molecule has 0 aromatic carbocycles. The number of hydrogen-bond donors (Lipinski definition) is 1. The van der Waals surface area contributed by atoms with Crippen molar-refractivity contribution in [2.75, 3.05) is 30.9 Å². The molecule has 2 aromatic heterocycles. The van der Waals surface area contributed by atoms with Crippen LogP contribution in [0.3, 0.4) is 0 Å². The average molecular weight is 386 g/mol. The van der Waals surface area contributed by atoms with Gasteiger partial charge in [-0.3, -0.25) is 0 Å². The first-order valence-electron chi connectivity index (χ1n) is 7.46. The summed E-state index contributed by atoms with van der Waals surface area (Å²) in [6, 6.07) is 2.13. The van der Waals surface area contributed by atoms with Crippen molar-refractivity contribution in [3.8, 4) is 0 Å². The number of nitrogen functional groups attached to an aromatic ring is 1. The summed E-state index contributed by atoms with van der Waals surface area (Å²) in [6.07, 6.45) is 5.37. The zero-order valence-corrected chi connectivity index (χ0v) is 15.4. The van der Waals surface area contributed by atoms with E-state index in [2.05, 4.69) is 19.9 Å². The molecule has 1 atom stereocenters. The molecule has 9 heteroatoms. The van der Waals surface area contributed by atoms with Crippen molar-refractivity contribution < 1.29 is 4.74 Å². The summed E-state index contributed by atoms with van der Waals surface area (Å²) < 4.78 is 5.31. The number of hydrogen-bond acceptors (Lipinski definition) is 7. The van der Waals surface area contributed by atoms with Crippen LogP contribution in [0.1, 0.15) is 12.8 Å². The number of anilines is 2. The van der Waals surface area contributed by atoms with E-state index >= 15 is 0 Å². The molecule has 6 nitrogen and oxygen atoms in total. The van der Waals surface area contributed by atoms with Crippen LogP contribution in [0.15, 0.2) is 28.4 Å². The van der Waals surface area contributed by atoms with Crippen molar-refractivity contribution in [3.05, 3.63) is 28.6 Å². The second-order valence-electron chi connectivity index (χ2n) is 5.38. The second-order valence-corrected chi connectivity index (χ2v) is 7.17. The van der Waals surface area contributed by atoms with Crippen molar-refractivity contribution in [1.82, 2.24) is 15.0 Å². The maximum Gasteiger partial charge on any atom is 0.158 e. The molecular weight excluding hydrogens is 369 g/mol. The van der Waals surface area contributed by atoms with Gasteiger partial charge in [-0.05, 0) is 18.9 Å². The minimum Gasteiger partial charge on any atom is -0.383 e. The van der Waals surface area contributed by atoms with E-state index in [1.165, 1.54) is 18.0 Å². The molecule has 1 aliphatic heterocycles. The third-order valence-electron chi connectivity index (χ3n) is 3.78. The van der Waals surface area contributed by atoms with Crippen molar-refractivity contribution in [2.45, 2.75) is 28.8 Å². The van der Waals surface area contributed by atoms with Gasteiger partial charge in [-0.15, -0.1) is 0 Å². The molecular formula is C15H17Cl2N5OS. The fourth-order valence-electron chi connectivity index (χ4n) is 2.73. The predicted molar refractivity (Wildman–Crippen MR) is 97.1 cm³/mol. The van der Waals surface area contributed by atoms with Gasteiger partial charge in [0.15, 0.2) is 5.82 Å². The van der Waals surface area contributed by atoms with Gasteiger partial charge in [-0.2, -0.15) is 0 Å². The van der Waals surface area contributed by atoms with Gasteiger partial charge in [0.25, 0.3) is 0 Å². The average Bonchev–Trinajstić information content (AvgIpc) is 3.00. The Balaban J connectivity index is 1.88. The molecule has 2 N–H and O–H groups in total. The lowest BCUT2D eigenvalue weighted by atomic mass is 10.2. The first kappa shape index (κ1) is 17.5. The first-order chi connectivity index (χ1) is 11.6. The maximum absolute atomic E-state index is 6.61. The van der Waals surface area contributed by atoms with Crippen LogP contribution >= 0.6 is 35.0 Å². The summed E-state index contributed by atoms with van der Waals surface area (Å²) in [4.78, 5) is 15.7. The number of pyridine rings is 1. The Labute approximate surface area is 154 Å². The molecule has 1 aliphatic rings. The Morgan fingerprint density at radius 3 is 3.00 bits per heavy atom. The number of rotatable bonds is 5. The van der Waals surface area contributed by atoms with Gasteiger partial charge in [0.2, 0.25) is 0 Å². The quantitative estimate of drug-likeness (QED) is 0.842. The van der Waals surface area contributed by atoms with Gasteiger partial charge in [0.05, 0.1) is 23.9 Å². The molecule has 1 unspecified atom stereocenters. The minimum atomic E-state index is 0.262. The smallest absolute Gasteiger partial charge is 0.158 e. The number of ether oxygens (including phenoxy) is 1. The lowest BCUT2D eigenvalue weighted by Crippen LogP contribution is -2.33. The molecule has 3 rings (SSSR count). The Kier molecular flexibility index (Phi) is 5.65. The Hall–Kier alpha value is -1.28. The predicted octanol–water partition coefficient (Wildman–Crippen LogP) is 3.53. The summed E-state index contributed by atoms with van der Waals surface area (Å²) in [5.41, 5.74) is 5.88. The van der Waals surface area contributed by atoms with Crippen LogP contribution < -0.4 is 10.6 Å². The third-order valence-corrected chi connectivity index (χ3v) is 5.52. The van der Waals surface area contributed by atoms with E-state index in [9.17, 15) is 0 Å². The molecule has 0 amide bonds. The Morgan fingerprint density at radius 2 is 2.25 bits per heavy atom. The highest BCUT2D eigenvalue weighted by atomic mass is 35.5. The monoisotopic (exact) mass is 385 g/mol. The largest absolute Gasteiger partial charge is 0.383 e. The van der Waals surface area contributed by atoms with Gasteiger partial charge in [0.1, 0.15) is 16.0 Å². The zero-order chi connectivity index (χ0) is 17.1. The highest BCUT2D eigenvalue weighted by molar-refractivity contribution is 7.99. The number of aromatic nitrogens is 3. The van der Waals surface area contributed by atoms with E-state index in [1.54, 1.807) is 13.3 Å². The van der Waals surface area contributed by atoms with E-state index in [4.69, 9.17) is 33.7 Å². The maximum atomic E-state index is 6.61. The molecule has 0 aliphatic carbocycles. The van der Waals surface area contributed by atoms with Gasteiger partial charge < -0.3 is 15.4 Å². The van der Waals surface area contributed by atoms with Crippen LogP contribution in [0.4, 0.5) is 11.6 Å². The van der Waals surface area contributed by atoms with E-state index < -0.39 is 0 Å². The van der Waals surface area contributed by atoms with Crippen molar-refractivity contribution in [2.24, 2.45) is 0 Å². The number of nitrogens with zero attached hydrogens (tertiary/aromatic N) is 4. The Bertz CT molecular complexity index is 733. The van der Waals surface area contributed by atoms with Crippen LogP contribution in [0, 0.1) is 0 Å². The van der Waals surface area contributed by atoms with E-state index in [1.807, 2.05) is 6.07 Å². The van der Waals surface area contributed by atoms with Crippen molar-refractivity contribution >= 4 is 46.6 Å². The molecule has 24 heavy (non-hydrogen) atoms. The number of methoxy groups -OCH3 is 1.